The van der Waals surface area contributed by atoms with Crippen molar-refractivity contribution >= 4 is 16.8 Å². The summed E-state index contributed by atoms with van der Waals surface area (Å²) >= 11 is 0. The van der Waals surface area contributed by atoms with Crippen LogP contribution in [0.5, 0.6) is 5.75 Å². The summed E-state index contributed by atoms with van der Waals surface area (Å²) < 4.78 is 6.94. The van der Waals surface area contributed by atoms with Crippen LogP contribution >= 0.6 is 0 Å². The molecule has 2 heterocycles. The molecule has 126 valence electrons. The van der Waals surface area contributed by atoms with Crippen LogP contribution in [0.25, 0.3) is 10.9 Å². The largest absolute Gasteiger partial charge is 0.493 e. The molecule has 0 saturated carbocycles. The van der Waals surface area contributed by atoms with Gasteiger partial charge in [-0.3, -0.25) is 14.2 Å². The maximum absolute atomic E-state index is 12.5. The number of amides is 1. The number of hydrogen-bond acceptors (Lipinski definition) is 4. The molecule has 1 atom stereocenters. The van der Waals surface area contributed by atoms with Gasteiger partial charge in [0.05, 0.1) is 29.9 Å². The second-order valence-corrected chi connectivity index (χ2v) is 5.99. The predicted molar refractivity (Wildman–Crippen MR) is 93.4 cm³/mol. The van der Waals surface area contributed by atoms with E-state index < -0.39 is 0 Å². The molecule has 1 aromatic heterocycles. The Morgan fingerprint density at radius 2 is 2.00 bits per heavy atom. The molecular weight excluding hydrogens is 318 g/mol. The number of nitrogens with zero attached hydrogens (tertiary/aromatic N) is 2. The second kappa shape index (κ2) is 6.39. The third-order valence-corrected chi connectivity index (χ3v) is 4.34. The molecule has 6 nitrogen and oxygen atoms in total. The lowest BCUT2D eigenvalue weighted by molar-refractivity contribution is -0.122. The molecule has 1 aliphatic heterocycles. The molecule has 1 N–H and O–H groups in total. The minimum absolute atomic E-state index is 0.0593. The molecule has 1 aliphatic rings. The Labute approximate surface area is 144 Å². The lowest BCUT2D eigenvalue weighted by Crippen LogP contribution is -2.36. The highest BCUT2D eigenvalue weighted by molar-refractivity contribution is 5.79. The van der Waals surface area contributed by atoms with Gasteiger partial charge in [0.25, 0.3) is 5.56 Å². The van der Waals surface area contributed by atoms with Crippen LogP contribution in [0.4, 0.5) is 0 Å². The van der Waals surface area contributed by atoms with Crippen molar-refractivity contribution in [3.05, 3.63) is 70.8 Å². The van der Waals surface area contributed by atoms with Crippen LogP contribution in [0, 0.1) is 0 Å². The van der Waals surface area contributed by atoms with Gasteiger partial charge in [-0.1, -0.05) is 30.3 Å². The molecule has 1 amide bonds. The molecule has 4 rings (SSSR count). The molecule has 6 heteroatoms. The van der Waals surface area contributed by atoms with E-state index in [0.29, 0.717) is 23.9 Å². The molecule has 0 spiro atoms. The first kappa shape index (κ1) is 15.4. The van der Waals surface area contributed by atoms with E-state index in [4.69, 9.17) is 4.74 Å². The summed E-state index contributed by atoms with van der Waals surface area (Å²) in [5.41, 5.74) is 1.38. The van der Waals surface area contributed by atoms with E-state index >= 15 is 0 Å². The normalized spacial score (nSPS) is 16.1. The van der Waals surface area contributed by atoms with E-state index in [2.05, 4.69) is 10.3 Å². The van der Waals surface area contributed by atoms with Gasteiger partial charge in [-0.05, 0) is 18.2 Å². The number of nitrogens with one attached hydrogen (secondary N) is 1. The number of fused-ring (bicyclic) bond motifs is 2. The molecule has 0 fully saturated rings. The Morgan fingerprint density at radius 1 is 1.20 bits per heavy atom. The van der Waals surface area contributed by atoms with Gasteiger partial charge in [-0.2, -0.15) is 0 Å². The van der Waals surface area contributed by atoms with E-state index in [1.54, 1.807) is 18.2 Å². The summed E-state index contributed by atoms with van der Waals surface area (Å²) in [7, 11) is 0. The number of benzene rings is 2. The van der Waals surface area contributed by atoms with Crippen molar-refractivity contribution in [2.75, 3.05) is 6.61 Å². The molecule has 2 aromatic carbocycles. The fourth-order valence-corrected chi connectivity index (χ4v) is 3.11. The van der Waals surface area contributed by atoms with Crippen molar-refractivity contribution in [3.63, 3.8) is 0 Å². The summed E-state index contributed by atoms with van der Waals surface area (Å²) in [6.07, 6.45) is 2.12. The third kappa shape index (κ3) is 2.98. The molecule has 0 bridgehead atoms. The fraction of sp³-hybridized carbons (Fsp3) is 0.211. The van der Waals surface area contributed by atoms with Gasteiger partial charge in [-0.25, -0.2) is 4.98 Å². The first-order valence-electron chi connectivity index (χ1n) is 8.17. The average molecular weight is 335 g/mol. The van der Waals surface area contributed by atoms with Crippen LogP contribution in [0.1, 0.15) is 18.0 Å². The zero-order valence-corrected chi connectivity index (χ0v) is 13.5. The van der Waals surface area contributed by atoms with Crippen LogP contribution in [-0.4, -0.2) is 22.1 Å². The summed E-state index contributed by atoms with van der Waals surface area (Å²) in [6.45, 7) is 0.496. The second-order valence-electron chi connectivity index (χ2n) is 5.99. The van der Waals surface area contributed by atoms with Gasteiger partial charge >= 0.3 is 0 Å². The Balaban J connectivity index is 1.54. The SMILES string of the molecule is O=C(Cn1cnc2ccccc2c1=O)N[C@@H]1CCOc2ccccc21. The predicted octanol–water partition coefficient (Wildman–Crippen LogP) is 2.04. The summed E-state index contributed by atoms with van der Waals surface area (Å²) in [5, 5.41) is 3.50. The number of ether oxygens (including phenoxy) is 1. The van der Waals surface area contributed by atoms with Crippen molar-refractivity contribution in [2.45, 2.75) is 19.0 Å². The van der Waals surface area contributed by atoms with Gasteiger partial charge in [0.15, 0.2) is 0 Å². The highest BCUT2D eigenvalue weighted by Gasteiger charge is 2.22. The van der Waals surface area contributed by atoms with Gasteiger partial charge in [0.2, 0.25) is 5.91 Å². The van der Waals surface area contributed by atoms with Crippen LogP contribution in [0.2, 0.25) is 0 Å². The van der Waals surface area contributed by atoms with E-state index in [1.165, 1.54) is 10.9 Å². The van der Waals surface area contributed by atoms with Gasteiger partial charge in [0.1, 0.15) is 12.3 Å². The summed E-state index contributed by atoms with van der Waals surface area (Å²) in [4.78, 5) is 29.2. The molecular formula is C19H17N3O3. The van der Waals surface area contributed by atoms with Crippen molar-refractivity contribution in [1.29, 1.82) is 0 Å². The Morgan fingerprint density at radius 3 is 2.92 bits per heavy atom. The number of carbonyl (C=O) groups excluding carboxylic acids is 1. The van der Waals surface area contributed by atoms with Crippen molar-refractivity contribution in [2.24, 2.45) is 0 Å². The highest BCUT2D eigenvalue weighted by atomic mass is 16.5. The monoisotopic (exact) mass is 335 g/mol. The van der Waals surface area contributed by atoms with Crippen molar-refractivity contribution in [3.8, 4) is 5.75 Å². The van der Waals surface area contributed by atoms with Gasteiger partial charge < -0.3 is 10.1 Å². The lowest BCUT2D eigenvalue weighted by atomic mass is 10.0. The molecule has 0 unspecified atom stereocenters. The van der Waals surface area contributed by atoms with E-state index in [9.17, 15) is 9.59 Å². The minimum Gasteiger partial charge on any atom is -0.493 e. The maximum atomic E-state index is 12.5. The smallest absolute Gasteiger partial charge is 0.261 e. The standard InChI is InChI=1S/C19H17N3O3/c23-18(21-16-9-10-25-17-8-4-2-5-13(16)17)11-22-12-20-15-7-3-1-6-14(15)19(22)24/h1-8,12,16H,9-11H2,(H,21,23)/t16-/m1/s1. The number of carbonyl (C=O) groups is 1. The first-order chi connectivity index (χ1) is 12.2. The lowest BCUT2D eigenvalue weighted by Gasteiger charge is -2.26. The Hall–Kier alpha value is -3.15. The zero-order chi connectivity index (χ0) is 17.2. The fourth-order valence-electron chi connectivity index (χ4n) is 3.11. The van der Waals surface area contributed by atoms with E-state index in [1.807, 2.05) is 30.3 Å². The van der Waals surface area contributed by atoms with Crippen LogP contribution in [0.3, 0.4) is 0 Å². The minimum atomic E-state index is -0.221. The highest BCUT2D eigenvalue weighted by Crippen LogP contribution is 2.31. The average Bonchev–Trinajstić information content (AvgIpc) is 2.65. The van der Waals surface area contributed by atoms with Crippen molar-refractivity contribution < 1.29 is 9.53 Å². The number of para-hydroxylation sites is 2. The zero-order valence-electron chi connectivity index (χ0n) is 13.5. The molecule has 25 heavy (non-hydrogen) atoms. The summed E-state index contributed by atoms with van der Waals surface area (Å²) in [5.74, 6) is 0.574. The molecule has 3 aromatic rings. The topological polar surface area (TPSA) is 73.2 Å². The molecule has 0 saturated heterocycles. The van der Waals surface area contributed by atoms with Crippen LogP contribution in [0.15, 0.2) is 59.7 Å². The number of hydrogen-bond donors (Lipinski definition) is 1. The Bertz CT molecular complexity index is 996. The number of aromatic nitrogens is 2. The molecule has 0 aliphatic carbocycles. The number of rotatable bonds is 3. The quantitative estimate of drug-likeness (QED) is 0.795. The van der Waals surface area contributed by atoms with Gasteiger partial charge in [-0.15, -0.1) is 0 Å². The molecule has 0 radical (unpaired) electrons. The summed E-state index contributed by atoms with van der Waals surface area (Å²) in [6, 6.07) is 14.7. The van der Waals surface area contributed by atoms with Crippen molar-refractivity contribution in [1.82, 2.24) is 14.9 Å². The van der Waals surface area contributed by atoms with Crippen LogP contribution in [-0.2, 0) is 11.3 Å². The Kier molecular flexibility index (Phi) is 3.93. The first-order valence-corrected chi connectivity index (χ1v) is 8.17. The van der Waals surface area contributed by atoms with E-state index in [0.717, 1.165) is 11.3 Å². The third-order valence-electron chi connectivity index (χ3n) is 4.34. The van der Waals surface area contributed by atoms with E-state index in [-0.39, 0.29) is 24.1 Å². The van der Waals surface area contributed by atoms with Crippen LogP contribution < -0.4 is 15.6 Å². The maximum Gasteiger partial charge on any atom is 0.261 e. The van der Waals surface area contributed by atoms with Gasteiger partial charge in [0, 0.05) is 12.0 Å².